The molecule has 0 heterocycles. The second-order valence-corrected chi connectivity index (χ2v) is 3.02. The molecule has 0 unspecified atom stereocenters. The zero-order valence-electron chi connectivity index (χ0n) is 6.82. The van der Waals surface area contributed by atoms with Crippen molar-refractivity contribution in [3.05, 3.63) is 34.6 Å². The fourth-order valence-electron chi connectivity index (χ4n) is 0.930. The maximum atomic E-state index is 13.0. The highest BCUT2D eigenvalue weighted by Gasteiger charge is 2.07. The molecule has 0 bridgehead atoms. The summed E-state index contributed by atoms with van der Waals surface area (Å²) in [6, 6.07) is 2.73. The highest BCUT2D eigenvalue weighted by molar-refractivity contribution is 6.67. The Bertz CT molecular complexity index is 310. The molecule has 0 saturated carbocycles. The first kappa shape index (κ1) is 9.20. The normalized spacial score (nSPS) is 10.0. The van der Waals surface area contributed by atoms with Crippen molar-refractivity contribution in [1.29, 1.82) is 0 Å². The Morgan fingerprint density at radius 1 is 1.42 bits per heavy atom. The Hall–Kier alpha value is -0.890. The number of aryl methyl sites for hydroxylation is 1. The summed E-state index contributed by atoms with van der Waals surface area (Å²) in [7, 11) is 0. The Morgan fingerprint density at radius 3 is 2.42 bits per heavy atom. The number of carbonyl (C=O) groups is 1. The van der Waals surface area contributed by atoms with E-state index in [9.17, 15) is 9.18 Å². The Morgan fingerprint density at radius 2 is 2.00 bits per heavy atom. The standard InChI is InChI=1S/C9H8ClFO/c1-5-3-7(9(10)12)4-8(11)6(5)2/h3-4H,1-2H3. The summed E-state index contributed by atoms with van der Waals surface area (Å²) in [6.45, 7) is 3.40. The van der Waals surface area contributed by atoms with Crippen LogP contribution in [0.4, 0.5) is 4.39 Å². The predicted octanol–water partition coefficient (Wildman–Crippen LogP) is 2.82. The van der Waals surface area contributed by atoms with Gasteiger partial charge in [0.1, 0.15) is 5.82 Å². The van der Waals surface area contributed by atoms with E-state index < -0.39 is 5.24 Å². The van der Waals surface area contributed by atoms with E-state index in [0.717, 1.165) is 11.6 Å². The van der Waals surface area contributed by atoms with E-state index in [4.69, 9.17) is 11.6 Å². The molecule has 0 spiro atoms. The summed E-state index contributed by atoms with van der Waals surface area (Å²) < 4.78 is 13.0. The maximum Gasteiger partial charge on any atom is 0.252 e. The minimum Gasteiger partial charge on any atom is -0.276 e. The van der Waals surface area contributed by atoms with E-state index in [1.54, 1.807) is 19.9 Å². The number of halogens is 2. The number of carbonyl (C=O) groups excluding carboxylic acids is 1. The fraction of sp³-hybridized carbons (Fsp3) is 0.222. The molecule has 0 aromatic heterocycles. The lowest BCUT2D eigenvalue weighted by Crippen LogP contribution is -1.95. The molecule has 64 valence electrons. The largest absolute Gasteiger partial charge is 0.276 e. The van der Waals surface area contributed by atoms with Crippen molar-refractivity contribution in [2.24, 2.45) is 0 Å². The van der Waals surface area contributed by atoms with Crippen molar-refractivity contribution in [2.75, 3.05) is 0 Å². The minimum absolute atomic E-state index is 0.206. The first-order chi connectivity index (χ1) is 5.52. The molecule has 1 rings (SSSR count). The van der Waals surface area contributed by atoms with Crippen molar-refractivity contribution >= 4 is 16.8 Å². The second-order valence-electron chi connectivity index (χ2n) is 2.67. The molecular weight excluding hydrogens is 179 g/mol. The van der Waals surface area contributed by atoms with Gasteiger partial charge in [-0.3, -0.25) is 4.79 Å². The fourth-order valence-corrected chi connectivity index (χ4v) is 1.04. The molecular formula is C9H8ClFO. The molecule has 0 aliphatic rings. The molecule has 0 aliphatic heterocycles. The van der Waals surface area contributed by atoms with Gasteiger partial charge in [-0.1, -0.05) is 0 Å². The topological polar surface area (TPSA) is 17.1 Å². The van der Waals surface area contributed by atoms with Crippen molar-refractivity contribution in [1.82, 2.24) is 0 Å². The Kier molecular flexibility index (Phi) is 2.48. The lowest BCUT2D eigenvalue weighted by molar-refractivity contribution is 0.108. The van der Waals surface area contributed by atoms with E-state index in [1.807, 2.05) is 0 Å². The van der Waals surface area contributed by atoms with Gasteiger partial charge in [0.2, 0.25) is 0 Å². The van der Waals surface area contributed by atoms with Crippen LogP contribution in [0, 0.1) is 19.7 Å². The van der Waals surface area contributed by atoms with Crippen LogP contribution in [-0.4, -0.2) is 5.24 Å². The summed E-state index contributed by atoms with van der Waals surface area (Å²) >= 11 is 5.19. The minimum atomic E-state index is -0.628. The molecule has 1 aromatic rings. The van der Waals surface area contributed by atoms with E-state index in [2.05, 4.69) is 0 Å². The molecule has 0 saturated heterocycles. The molecule has 0 fully saturated rings. The molecule has 0 radical (unpaired) electrons. The lowest BCUT2D eigenvalue weighted by atomic mass is 10.1. The van der Waals surface area contributed by atoms with Crippen LogP contribution >= 0.6 is 11.6 Å². The van der Waals surface area contributed by atoms with Gasteiger partial charge in [-0.15, -0.1) is 0 Å². The van der Waals surface area contributed by atoms with E-state index >= 15 is 0 Å². The van der Waals surface area contributed by atoms with Crippen molar-refractivity contribution < 1.29 is 9.18 Å². The summed E-state index contributed by atoms with van der Waals surface area (Å²) in [5.41, 5.74) is 1.49. The summed E-state index contributed by atoms with van der Waals surface area (Å²) in [5.74, 6) is -0.390. The van der Waals surface area contributed by atoms with Crippen molar-refractivity contribution in [3.63, 3.8) is 0 Å². The van der Waals surface area contributed by atoms with Crippen LogP contribution in [0.2, 0.25) is 0 Å². The quantitative estimate of drug-likeness (QED) is 0.617. The lowest BCUT2D eigenvalue weighted by Gasteiger charge is -2.02. The molecule has 1 nitrogen and oxygen atoms in total. The van der Waals surface area contributed by atoms with Gasteiger partial charge < -0.3 is 0 Å². The van der Waals surface area contributed by atoms with Crippen molar-refractivity contribution in [3.8, 4) is 0 Å². The van der Waals surface area contributed by atoms with Crippen LogP contribution in [0.3, 0.4) is 0 Å². The Balaban J connectivity index is 3.31. The summed E-state index contributed by atoms with van der Waals surface area (Å²) in [5, 5.41) is -0.628. The monoisotopic (exact) mass is 186 g/mol. The first-order valence-electron chi connectivity index (χ1n) is 3.49. The van der Waals surface area contributed by atoms with Crippen LogP contribution < -0.4 is 0 Å². The van der Waals surface area contributed by atoms with Crippen LogP contribution in [0.25, 0.3) is 0 Å². The van der Waals surface area contributed by atoms with Gasteiger partial charge in [0, 0.05) is 5.56 Å². The molecule has 1 aromatic carbocycles. The highest BCUT2D eigenvalue weighted by Crippen LogP contribution is 2.15. The zero-order chi connectivity index (χ0) is 9.30. The van der Waals surface area contributed by atoms with Gasteiger partial charge in [-0.05, 0) is 48.7 Å². The van der Waals surface area contributed by atoms with E-state index in [-0.39, 0.29) is 11.4 Å². The van der Waals surface area contributed by atoms with Crippen LogP contribution in [0.15, 0.2) is 12.1 Å². The predicted molar refractivity (Wildman–Crippen MR) is 46.1 cm³/mol. The van der Waals surface area contributed by atoms with Gasteiger partial charge in [0.15, 0.2) is 0 Å². The molecule has 0 N–H and O–H groups in total. The molecule has 3 heteroatoms. The van der Waals surface area contributed by atoms with Crippen LogP contribution in [-0.2, 0) is 0 Å². The van der Waals surface area contributed by atoms with E-state index in [1.165, 1.54) is 0 Å². The van der Waals surface area contributed by atoms with Crippen LogP contribution in [0.1, 0.15) is 21.5 Å². The molecule has 0 atom stereocenters. The number of hydrogen-bond acceptors (Lipinski definition) is 1. The number of hydrogen-bond donors (Lipinski definition) is 0. The SMILES string of the molecule is Cc1cc(C(=O)Cl)cc(F)c1C. The molecule has 0 amide bonds. The van der Waals surface area contributed by atoms with Crippen molar-refractivity contribution in [2.45, 2.75) is 13.8 Å². The average Bonchev–Trinajstić information content (AvgIpc) is 1.99. The van der Waals surface area contributed by atoms with Gasteiger partial charge in [-0.2, -0.15) is 0 Å². The number of rotatable bonds is 1. The van der Waals surface area contributed by atoms with Gasteiger partial charge in [0.25, 0.3) is 5.24 Å². The second kappa shape index (κ2) is 3.23. The highest BCUT2D eigenvalue weighted by atomic mass is 35.5. The van der Waals surface area contributed by atoms with Gasteiger partial charge in [-0.25, -0.2) is 4.39 Å². The smallest absolute Gasteiger partial charge is 0.252 e. The summed E-state index contributed by atoms with van der Waals surface area (Å²) in [6.07, 6.45) is 0. The zero-order valence-corrected chi connectivity index (χ0v) is 7.57. The van der Waals surface area contributed by atoms with Crippen LogP contribution in [0.5, 0.6) is 0 Å². The van der Waals surface area contributed by atoms with E-state index in [0.29, 0.717) is 5.56 Å². The molecule has 0 aliphatic carbocycles. The van der Waals surface area contributed by atoms with Gasteiger partial charge in [0.05, 0.1) is 0 Å². The third kappa shape index (κ3) is 1.64. The average molecular weight is 187 g/mol. The first-order valence-corrected chi connectivity index (χ1v) is 3.86. The Labute approximate surface area is 75.2 Å². The summed E-state index contributed by atoms with van der Waals surface area (Å²) in [4.78, 5) is 10.7. The third-order valence-corrected chi connectivity index (χ3v) is 2.05. The molecule has 12 heavy (non-hydrogen) atoms. The van der Waals surface area contributed by atoms with Gasteiger partial charge >= 0.3 is 0 Å². The maximum absolute atomic E-state index is 13.0. The number of benzene rings is 1. The third-order valence-electron chi connectivity index (χ3n) is 1.83.